The van der Waals surface area contributed by atoms with Crippen LogP contribution < -0.4 is 10.1 Å². The third-order valence-corrected chi connectivity index (χ3v) is 4.76. The molecule has 0 aliphatic heterocycles. The van der Waals surface area contributed by atoms with E-state index in [0.717, 1.165) is 23.9 Å². The van der Waals surface area contributed by atoms with E-state index in [-0.39, 0.29) is 23.9 Å². The van der Waals surface area contributed by atoms with Crippen molar-refractivity contribution in [1.82, 2.24) is 10.3 Å². The molecule has 3 aromatic rings. The van der Waals surface area contributed by atoms with Gasteiger partial charge in [0.2, 0.25) is 0 Å². The number of benzene rings is 2. The monoisotopic (exact) mass is 392 g/mol. The maximum absolute atomic E-state index is 12.5. The molecule has 0 unspecified atom stereocenters. The average molecular weight is 392 g/mol. The Bertz CT molecular complexity index is 1080. The maximum Gasteiger partial charge on any atom is 0.325 e. The van der Waals surface area contributed by atoms with Gasteiger partial charge in [-0.3, -0.25) is 9.59 Å². The van der Waals surface area contributed by atoms with Crippen molar-refractivity contribution in [1.29, 1.82) is 0 Å². The summed E-state index contributed by atoms with van der Waals surface area (Å²) < 4.78 is 10.4. The summed E-state index contributed by atoms with van der Waals surface area (Å²) in [5.41, 5.74) is 0.660. The van der Waals surface area contributed by atoms with Crippen molar-refractivity contribution in [3.05, 3.63) is 59.9 Å². The molecule has 2 aromatic carbocycles. The van der Waals surface area contributed by atoms with Gasteiger partial charge >= 0.3 is 5.97 Å². The highest BCUT2D eigenvalue weighted by atomic mass is 16.5. The predicted molar refractivity (Wildman–Crippen MR) is 106 cm³/mol. The van der Waals surface area contributed by atoms with E-state index >= 15 is 0 Å². The van der Waals surface area contributed by atoms with Crippen molar-refractivity contribution in [2.45, 2.75) is 18.8 Å². The molecule has 0 saturated heterocycles. The average Bonchev–Trinajstić information content (AvgIpc) is 3.58. The summed E-state index contributed by atoms with van der Waals surface area (Å²) >= 11 is 0. The number of nitrogens with zero attached hydrogens (tertiary/aromatic N) is 1. The first-order chi connectivity index (χ1) is 14.1. The number of hydrogen-bond acceptors (Lipinski definition) is 6. The van der Waals surface area contributed by atoms with Gasteiger partial charge < -0.3 is 19.9 Å². The normalized spacial score (nSPS) is 13.1. The molecule has 0 atom stereocenters. The highest BCUT2D eigenvalue weighted by molar-refractivity contribution is 6.03. The lowest BCUT2D eigenvalue weighted by Crippen LogP contribution is -2.31. The Morgan fingerprint density at radius 2 is 1.86 bits per heavy atom. The summed E-state index contributed by atoms with van der Waals surface area (Å²) in [6, 6.07) is 14.7. The van der Waals surface area contributed by atoms with Crippen LogP contribution >= 0.6 is 0 Å². The molecule has 7 nitrogen and oxygen atoms in total. The lowest BCUT2D eigenvalue weighted by Gasteiger charge is -2.13. The number of rotatable bonds is 6. The van der Waals surface area contributed by atoms with Crippen LogP contribution in [0.2, 0.25) is 0 Å². The number of aromatic nitrogens is 1. The second kappa shape index (κ2) is 7.79. The second-order valence-corrected chi connectivity index (χ2v) is 6.85. The van der Waals surface area contributed by atoms with Crippen LogP contribution in [-0.2, 0) is 9.53 Å². The molecule has 1 heterocycles. The van der Waals surface area contributed by atoms with E-state index in [1.165, 1.54) is 7.11 Å². The summed E-state index contributed by atoms with van der Waals surface area (Å²) in [5, 5.41) is 14.5. The zero-order valence-corrected chi connectivity index (χ0v) is 15.8. The van der Waals surface area contributed by atoms with Gasteiger partial charge in [-0.2, -0.15) is 0 Å². The fourth-order valence-electron chi connectivity index (χ4n) is 3.13. The first kappa shape index (κ1) is 18.7. The highest BCUT2D eigenvalue weighted by Gasteiger charge is 2.30. The fraction of sp³-hybridized carbons (Fsp3) is 0.227. The molecular formula is C22H20N2O5. The Morgan fingerprint density at radius 1 is 1.10 bits per heavy atom. The molecule has 1 saturated carbocycles. The number of carbonyl (C=O) groups is 2. The van der Waals surface area contributed by atoms with E-state index in [9.17, 15) is 14.7 Å². The lowest BCUT2D eigenvalue weighted by molar-refractivity contribution is -0.139. The van der Waals surface area contributed by atoms with Gasteiger partial charge in [0.1, 0.15) is 18.0 Å². The fourth-order valence-corrected chi connectivity index (χ4v) is 3.13. The Labute approximate surface area is 167 Å². The van der Waals surface area contributed by atoms with Crippen LogP contribution in [0.1, 0.15) is 34.9 Å². The first-order valence-electron chi connectivity index (χ1n) is 9.31. The van der Waals surface area contributed by atoms with Crippen LogP contribution in [-0.4, -0.2) is 35.6 Å². The molecule has 29 heavy (non-hydrogen) atoms. The van der Waals surface area contributed by atoms with Gasteiger partial charge in [-0.1, -0.05) is 18.2 Å². The Morgan fingerprint density at radius 3 is 2.55 bits per heavy atom. The number of para-hydroxylation sites is 1. The Hall–Kier alpha value is -3.61. The zero-order chi connectivity index (χ0) is 20.4. The van der Waals surface area contributed by atoms with E-state index in [2.05, 4.69) is 15.0 Å². The summed E-state index contributed by atoms with van der Waals surface area (Å²) in [4.78, 5) is 28.3. The van der Waals surface area contributed by atoms with Crippen molar-refractivity contribution in [3.63, 3.8) is 0 Å². The SMILES string of the molecule is COC(=O)CNC(=O)c1nc(C2CC2)c2ccc(Oc3ccccc3)cc2c1O. The topological polar surface area (TPSA) is 97.8 Å². The van der Waals surface area contributed by atoms with E-state index in [4.69, 9.17) is 4.74 Å². The van der Waals surface area contributed by atoms with E-state index in [0.29, 0.717) is 16.9 Å². The predicted octanol–water partition coefficient (Wildman–Crippen LogP) is 3.51. The zero-order valence-electron chi connectivity index (χ0n) is 15.8. The Balaban J connectivity index is 1.73. The molecule has 2 N–H and O–H groups in total. The van der Waals surface area contributed by atoms with Crippen LogP contribution in [0.4, 0.5) is 0 Å². The molecule has 0 radical (unpaired) electrons. The largest absolute Gasteiger partial charge is 0.505 e. The van der Waals surface area contributed by atoms with Crippen LogP contribution in [0.25, 0.3) is 10.8 Å². The molecule has 1 aliphatic carbocycles. The van der Waals surface area contributed by atoms with Crippen LogP contribution in [0.15, 0.2) is 48.5 Å². The van der Waals surface area contributed by atoms with Crippen LogP contribution in [0.5, 0.6) is 17.2 Å². The van der Waals surface area contributed by atoms with Crippen molar-refractivity contribution in [2.75, 3.05) is 13.7 Å². The van der Waals surface area contributed by atoms with Crippen LogP contribution in [0, 0.1) is 0 Å². The van der Waals surface area contributed by atoms with Crippen molar-refractivity contribution in [2.24, 2.45) is 0 Å². The van der Waals surface area contributed by atoms with Gasteiger partial charge in [0, 0.05) is 16.7 Å². The molecule has 148 valence electrons. The first-order valence-corrected chi connectivity index (χ1v) is 9.31. The highest BCUT2D eigenvalue weighted by Crippen LogP contribution is 2.45. The van der Waals surface area contributed by atoms with Gasteiger partial charge in [-0.25, -0.2) is 4.98 Å². The number of amides is 1. The number of methoxy groups -OCH3 is 1. The second-order valence-electron chi connectivity index (χ2n) is 6.85. The minimum Gasteiger partial charge on any atom is -0.505 e. The summed E-state index contributed by atoms with van der Waals surface area (Å²) in [7, 11) is 1.24. The van der Waals surface area contributed by atoms with E-state index in [1.807, 2.05) is 42.5 Å². The molecule has 0 bridgehead atoms. The Kier molecular flexibility index (Phi) is 5.03. The van der Waals surface area contributed by atoms with Crippen molar-refractivity contribution < 1.29 is 24.2 Å². The van der Waals surface area contributed by atoms with Gasteiger partial charge in [0.05, 0.1) is 12.8 Å². The van der Waals surface area contributed by atoms with E-state index < -0.39 is 11.9 Å². The molecule has 4 rings (SSSR count). The van der Waals surface area contributed by atoms with Gasteiger partial charge in [-0.15, -0.1) is 0 Å². The molecule has 0 spiro atoms. The third-order valence-electron chi connectivity index (χ3n) is 4.76. The van der Waals surface area contributed by atoms with Gasteiger partial charge in [0.25, 0.3) is 5.91 Å². The van der Waals surface area contributed by atoms with Crippen molar-refractivity contribution >= 4 is 22.6 Å². The number of pyridine rings is 1. The maximum atomic E-state index is 12.5. The number of ether oxygens (including phenoxy) is 2. The molecule has 7 heteroatoms. The van der Waals surface area contributed by atoms with Gasteiger partial charge in [0.15, 0.2) is 11.4 Å². The third kappa shape index (κ3) is 3.99. The smallest absolute Gasteiger partial charge is 0.325 e. The minimum atomic E-state index is -0.633. The number of aromatic hydroxyl groups is 1. The number of esters is 1. The summed E-state index contributed by atoms with van der Waals surface area (Å²) in [5.74, 6) is -0.00572. The molecular weight excluding hydrogens is 372 g/mol. The van der Waals surface area contributed by atoms with Gasteiger partial charge in [-0.05, 0) is 43.2 Å². The molecule has 1 aromatic heterocycles. The summed E-state index contributed by atoms with van der Waals surface area (Å²) in [6.45, 7) is -0.301. The summed E-state index contributed by atoms with van der Waals surface area (Å²) in [6.07, 6.45) is 1.97. The quantitative estimate of drug-likeness (QED) is 0.623. The standard InChI is InChI=1S/C22H20N2O5/c1-28-18(25)12-23-22(27)20-21(26)17-11-15(29-14-5-3-2-4-6-14)9-10-16(17)19(24-20)13-7-8-13/h2-6,9-11,13,26H,7-8,12H2,1H3,(H,23,27). The number of hydrogen-bond donors (Lipinski definition) is 2. The van der Waals surface area contributed by atoms with Crippen molar-refractivity contribution in [3.8, 4) is 17.2 Å². The molecule has 1 fully saturated rings. The van der Waals surface area contributed by atoms with Crippen LogP contribution in [0.3, 0.4) is 0 Å². The number of fused-ring (bicyclic) bond motifs is 1. The number of carbonyl (C=O) groups excluding carboxylic acids is 2. The lowest BCUT2D eigenvalue weighted by atomic mass is 10.0. The molecule has 1 aliphatic rings. The molecule has 1 amide bonds. The minimum absolute atomic E-state index is 0.111. The number of nitrogens with one attached hydrogen (secondary N) is 1. The van der Waals surface area contributed by atoms with E-state index in [1.54, 1.807) is 6.07 Å².